The van der Waals surface area contributed by atoms with Crippen molar-refractivity contribution in [3.05, 3.63) is 77.6 Å². The molecule has 4 aromatic rings. The van der Waals surface area contributed by atoms with E-state index in [4.69, 9.17) is 4.98 Å². The molecule has 190 valence electrons. The van der Waals surface area contributed by atoms with Crippen LogP contribution in [0.3, 0.4) is 0 Å². The number of nitrogens with zero attached hydrogens (tertiary/aromatic N) is 6. The van der Waals surface area contributed by atoms with Crippen LogP contribution in [0.1, 0.15) is 62.9 Å². The van der Waals surface area contributed by atoms with E-state index < -0.39 is 23.2 Å². The Morgan fingerprint density at radius 1 is 1.11 bits per heavy atom. The van der Waals surface area contributed by atoms with Gasteiger partial charge in [0, 0.05) is 18.0 Å². The van der Waals surface area contributed by atoms with Gasteiger partial charge < -0.3 is 5.11 Å². The monoisotopic (exact) mass is 502 g/mol. The maximum Gasteiger partial charge on any atom is 0.135 e. The molecule has 0 spiro atoms. The highest BCUT2D eigenvalue weighted by Gasteiger charge is 2.65. The average molecular weight is 503 g/mol. The van der Waals surface area contributed by atoms with Crippen LogP contribution in [0.4, 0.5) is 8.78 Å². The highest BCUT2D eigenvalue weighted by atomic mass is 19.1. The van der Waals surface area contributed by atoms with Crippen molar-refractivity contribution < 1.29 is 13.9 Å². The number of fused-ring (bicyclic) bond motifs is 5. The van der Waals surface area contributed by atoms with Gasteiger partial charge in [0.1, 0.15) is 11.6 Å². The van der Waals surface area contributed by atoms with Gasteiger partial charge in [0.2, 0.25) is 0 Å². The molecule has 6 rings (SSSR count). The van der Waals surface area contributed by atoms with Gasteiger partial charge in [-0.15, -0.1) is 5.10 Å². The van der Waals surface area contributed by atoms with E-state index >= 15 is 0 Å². The van der Waals surface area contributed by atoms with Crippen LogP contribution in [0.15, 0.2) is 49.1 Å². The number of aliphatic hydroxyl groups excluding tert-OH is 1. The van der Waals surface area contributed by atoms with E-state index in [0.717, 1.165) is 35.4 Å². The lowest BCUT2D eigenvalue weighted by molar-refractivity contribution is 0.145. The first-order chi connectivity index (χ1) is 17.8. The van der Waals surface area contributed by atoms with Crippen LogP contribution in [0.25, 0.3) is 22.5 Å². The minimum atomic E-state index is -0.656. The molecule has 1 fully saturated rings. The molecule has 1 aromatic carbocycles. The molecule has 37 heavy (non-hydrogen) atoms. The molecule has 2 aliphatic carbocycles. The lowest BCUT2D eigenvalue weighted by atomic mass is 9.66. The van der Waals surface area contributed by atoms with E-state index in [-0.39, 0.29) is 22.6 Å². The Morgan fingerprint density at radius 2 is 1.89 bits per heavy atom. The number of aromatic nitrogens is 6. The van der Waals surface area contributed by atoms with Crippen molar-refractivity contribution in [3.8, 4) is 22.5 Å². The summed E-state index contributed by atoms with van der Waals surface area (Å²) in [5.74, 6) is -1.16. The Labute approximate surface area is 213 Å². The topological polar surface area (TPSA) is 89.6 Å². The van der Waals surface area contributed by atoms with Crippen molar-refractivity contribution in [3.63, 3.8) is 0 Å². The predicted molar refractivity (Wildman–Crippen MR) is 133 cm³/mol. The highest BCUT2D eigenvalue weighted by Crippen LogP contribution is 2.69. The van der Waals surface area contributed by atoms with Crippen LogP contribution < -0.4 is 0 Å². The normalized spacial score (nSPS) is 22.3. The Bertz CT molecular complexity index is 1480. The van der Waals surface area contributed by atoms with Gasteiger partial charge in [0.15, 0.2) is 0 Å². The minimum absolute atomic E-state index is 0.148. The second-order valence-corrected chi connectivity index (χ2v) is 10.7. The van der Waals surface area contributed by atoms with Crippen LogP contribution in [0.5, 0.6) is 0 Å². The molecule has 0 saturated heterocycles. The molecule has 7 nitrogen and oxygen atoms in total. The summed E-state index contributed by atoms with van der Waals surface area (Å²) in [6.45, 7) is 6.75. The predicted octanol–water partition coefficient (Wildman–Crippen LogP) is 5.05. The number of halogens is 2. The first-order valence-electron chi connectivity index (χ1n) is 12.6. The molecule has 0 radical (unpaired) electrons. The minimum Gasteiger partial charge on any atom is -0.391 e. The molecule has 0 aliphatic heterocycles. The molecular formula is C28H28F2N6O. The van der Waals surface area contributed by atoms with Gasteiger partial charge >= 0.3 is 0 Å². The summed E-state index contributed by atoms with van der Waals surface area (Å²) in [6, 6.07) is 5.61. The number of hydrogen-bond acceptors (Lipinski definition) is 6. The summed E-state index contributed by atoms with van der Waals surface area (Å²) in [7, 11) is 0. The molecule has 1 saturated carbocycles. The summed E-state index contributed by atoms with van der Waals surface area (Å²) in [4.78, 5) is 9.58. The third-order valence-electron chi connectivity index (χ3n) is 8.47. The van der Waals surface area contributed by atoms with Crippen molar-refractivity contribution in [1.29, 1.82) is 0 Å². The largest absolute Gasteiger partial charge is 0.391 e. The number of aliphatic hydroxyl groups is 1. The van der Waals surface area contributed by atoms with Gasteiger partial charge in [0.25, 0.3) is 0 Å². The lowest BCUT2D eigenvalue weighted by Gasteiger charge is -2.37. The van der Waals surface area contributed by atoms with Crippen molar-refractivity contribution in [2.24, 2.45) is 5.41 Å². The Morgan fingerprint density at radius 3 is 2.65 bits per heavy atom. The van der Waals surface area contributed by atoms with Gasteiger partial charge in [-0.25, -0.2) is 13.8 Å². The van der Waals surface area contributed by atoms with E-state index in [2.05, 4.69) is 34.1 Å². The summed E-state index contributed by atoms with van der Waals surface area (Å²) in [5.41, 5.74) is 3.36. The molecule has 3 heterocycles. The fraction of sp³-hybridized carbons (Fsp3) is 0.393. The molecule has 3 atom stereocenters. The lowest BCUT2D eigenvalue weighted by Crippen LogP contribution is -2.38. The molecular weight excluding hydrogens is 474 g/mol. The number of benzene rings is 1. The molecule has 2 bridgehead atoms. The third-order valence-corrected chi connectivity index (χ3v) is 8.47. The van der Waals surface area contributed by atoms with Gasteiger partial charge in [-0.3, -0.25) is 9.67 Å². The summed E-state index contributed by atoms with van der Waals surface area (Å²) in [5, 5.41) is 23.3. The quantitative estimate of drug-likeness (QED) is 0.397. The van der Waals surface area contributed by atoms with Crippen LogP contribution in [-0.2, 0) is 12.0 Å². The van der Waals surface area contributed by atoms with E-state index in [1.807, 2.05) is 13.1 Å². The van der Waals surface area contributed by atoms with E-state index in [1.54, 1.807) is 29.3 Å². The molecule has 9 heteroatoms. The van der Waals surface area contributed by atoms with Crippen LogP contribution in [0, 0.1) is 17.0 Å². The maximum atomic E-state index is 14.5. The third kappa shape index (κ3) is 3.43. The van der Waals surface area contributed by atoms with Crippen LogP contribution in [-0.4, -0.2) is 41.2 Å². The second-order valence-electron chi connectivity index (χ2n) is 10.7. The zero-order chi connectivity index (χ0) is 25.9. The van der Waals surface area contributed by atoms with Crippen molar-refractivity contribution in [2.75, 3.05) is 0 Å². The van der Waals surface area contributed by atoms with Crippen LogP contribution in [0.2, 0.25) is 0 Å². The Balaban J connectivity index is 1.43. The van der Waals surface area contributed by atoms with Crippen LogP contribution >= 0.6 is 0 Å². The van der Waals surface area contributed by atoms with E-state index in [0.29, 0.717) is 18.7 Å². The maximum absolute atomic E-state index is 14.5. The number of rotatable bonds is 6. The first-order valence-corrected chi connectivity index (χ1v) is 12.6. The van der Waals surface area contributed by atoms with Crippen molar-refractivity contribution in [2.45, 2.75) is 64.0 Å². The molecule has 0 amide bonds. The summed E-state index contributed by atoms with van der Waals surface area (Å²) >= 11 is 0. The molecule has 2 aliphatic rings. The molecule has 3 aromatic heterocycles. The smallest absolute Gasteiger partial charge is 0.135 e. The Kier molecular flexibility index (Phi) is 5.45. The van der Waals surface area contributed by atoms with E-state index in [1.165, 1.54) is 18.2 Å². The zero-order valence-corrected chi connectivity index (χ0v) is 21.0. The molecule has 1 unspecified atom stereocenters. The fourth-order valence-electron chi connectivity index (χ4n) is 6.41. The summed E-state index contributed by atoms with van der Waals surface area (Å²) < 4.78 is 30.8. The van der Waals surface area contributed by atoms with E-state index in [9.17, 15) is 13.9 Å². The van der Waals surface area contributed by atoms with Crippen molar-refractivity contribution >= 4 is 0 Å². The molecule has 1 N–H and O–H groups in total. The van der Waals surface area contributed by atoms with Crippen molar-refractivity contribution in [1.82, 2.24) is 29.9 Å². The summed E-state index contributed by atoms with van der Waals surface area (Å²) in [6.07, 6.45) is 9.02. The standard InChI is InChI=1S/C28H28F2N6O/c1-4-17(37)15-36-14-16(11-32-36)23-12-31-13-24(33-23)28-9-8-19(27(28,2)3)18-10-22(34-35-26(18)28)25-20(29)6-5-7-21(25)30/h5-7,10-14,17,19,37H,4,8-9,15H2,1-3H3/t17?,19-,28-/m0/s1. The zero-order valence-electron chi connectivity index (χ0n) is 21.0. The Hall–Kier alpha value is -3.59. The average Bonchev–Trinajstić information content (AvgIpc) is 3.51. The van der Waals surface area contributed by atoms with Gasteiger partial charge in [-0.2, -0.15) is 10.2 Å². The van der Waals surface area contributed by atoms with Gasteiger partial charge in [-0.05, 0) is 54.4 Å². The van der Waals surface area contributed by atoms with Gasteiger partial charge in [0.05, 0.1) is 58.8 Å². The first kappa shape index (κ1) is 23.8. The van der Waals surface area contributed by atoms with Gasteiger partial charge in [-0.1, -0.05) is 26.8 Å². The SMILES string of the molecule is CCC(O)Cn1cc(-c2cncc([C@@]34CC[C@@H](c5cc(-c6c(F)cccc6F)nnc53)C4(C)C)n2)cn1. The fourth-order valence-corrected chi connectivity index (χ4v) is 6.41. The second kappa shape index (κ2) is 8.48. The highest BCUT2D eigenvalue weighted by molar-refractivity contribution is 5.64. The number of hydrogen-bond donors (Lipinski definition) is 1.